The summed E-state index contributed by atoms with van der Waals surface area (Å²) in [4.78, 5) is 16.2. The van der Waals surface area contributed by atoms with Gasteiger partial charge in [0.1, 0.15) is 5.56 Å². The number of carboxylic acid groups (broad SMARTS) is 1. The highest BCUT2D eigenvalue weighted by Gasteiger charge is 2.18. The highest BCUT2D eigenvalue weighted by atomic mass is 19.1. The summed E-state index contributed by atoms with van der Waals surface area (Å²) in [5.74, 6) is -2.06. The van der Waals surface area contributed by atoms with Gasteiger partial charge in [-0.2, -0.15) is 0 Å². The summed E-state index contributed by atoms with van der Waals surface area (Å²) in [6.07, 6.45) is 2.89. The van der Waals surface area contributed by atoms with E-state index in [0.29, 0.717) is 13.1 Å². The van der Waals surface area contributed by atoms with Gasteiger partial charge in [-0.3, -0.25) is 0 Å². The van der Waals surface area contributed by atoms with Crippen molar-refractivity contribution < 1.29 is 14.3 Å². The average molecular weight is 224 g/mol. The van der Waals surface area contributed by atoms with Gasteiger partial charge in [-0.1, -0.05) is 6.08 Å². The minimum Gasteiger partial charge on any atom is -0.478 e. The summed E-state index contributed by atoms with van der Waals surface area (Å²) in [6, 6.07) is 1.14. The predicted molar refractivity (Wildman–Crippen MR) is 59.2 cm³/mol. The zero-order chi connectivity index (χ0) is 12.1. The van der Waals surface area contributed by atoms with Crippen molar-refractivity contribution >= 4 is 11.8 Å². The van der Waals surface area contributed by atoms with Crippen LogP contribution in [-0.4, -0.2) is 29.1 Å². The van der Waals surface area contributed by atoms with Crippen molar-refractivity contribution in [2.24, 2.45) is 0 Å². The lowest BCUT2D eigenvalue weighted by Crippen LogP contribution is -2.25. The minimum atomic E-state index is -1.30. The van der Waals surface area contributed by atoms with Crippen LogP contribution < -0.4 is 4.90 Å². The van der Waals surface area contributed by atoms with Gasteiger partial charge in [-0.05, 0) is 13.0 Å². The molecule has 0 fully saturated rings. The number of likely N-dealkylation sites (N-methyl/N-ethyl adjacent to an activating group) is 1. The lowest BCUT2D eigenvalue weighted by atomic mass is 10.2. The molecule has 1 aromatic heterocycles. The first-order chi connectivity index (χ1) is 7.61. The van der Waals surface area contributed by atoms with Crippen molar-refractivity contribution in [1.82, 2.24) is 4.98 Å². The highest BCUT2D eigenvalue weighted by molar-refractivity contribution is 5.88. The Morgan fingerprint density at radius 2 is 2.44 bits per heavy atom. The van der Waals surface area contributed by atoms with Crippen LogP contribution in [0.4, 0.5) is 10.2 Å². The Morgan fingerprint density at radius 3 is 2.94 bits per heavy atom. The third kappa shape index (κ3) is 2.36. The van der Waals surface area contributed by atoms with Crippen LogP contribution in [0.25, 0.3) is 0 Å². The average Bonchev–Trinajstić information content (AvgIpc) is 2.26. The zero-order valence-electron chi connectivity index (χ0n) is 8.98. The first kappa shape index (κ1) is 12.2. The molecule has 0 amide bonds. The van der Waals surface area contributed by atoms with Gasteiger partial charge < -0.3 is 10.0 Å². The molecule has 0 unspecified atom stereocenters. The zero-order valence-corrected chi connectivity index (χ0v) is 8.98. The predicted octanol–water partition coefficient (Wildman–Crippen LogP) is 1.93. The Morgan fingerprint density at radius 1 is 1.75 bits per heavy atom. The number of nitrogens with zero attached hydrogens (tertiary/aromatic N) is 2. The number of aromatic carboxylic acids is 1. The van der Waals surface area contributed by atoms with Gasteiger partial charge in [-0.15, -0.1) is 6.58 Å². The summed E-state index contributed by atoms with van der Waals surface area (Å²) >= 11 is 0. The Labute approximate surface area is 93.0 Å². The van der Waals surface area contributed by atoms with Crippen LogP contribution in [-0.2, 0) is 0 Å². The molecule has 86 valence electrons. The number of pyridine rings is 1. The second kappa shape index (κ2) is 5.25. The fourth-order valence-electron chi connectivity index (χ4n) is 1.34. The van der Waals surface area contributed by atoms with Gasteiger partial charge in [0, 0.05) is 19.3 Å². The normalized spacial score (nSPS) is 9.88. The van der Waals surface area contributed by atoms with Gasteiger partial charge in [0.05, 0.1) is 0 Å². The molecule has 1 rings (SSSR count). The minimum absolute atomic E-state index is 0.0438. The van der Waals surface area contributed by atoms with Crippen molar-refractivity contribution in [3.05, 3.63) is 36.3 Å². The van der Waals surface area contributed by atoms with Gasteiger partial charge in [0.25, 0.3) is 0 Å². The molecule has 0 atom stereocenters. The number of aromatic nitrogens is 1. The molecule has 4 nitrogen and oxygen atoms in total. The quantitative estimate of drug-likeness (QED) is 0.776. The van der Waals surface area contributed by atoms with Crippen molar-refractivity contribution in [2.45, 2.75) is 6.92 Å². The van der Waals surface area contributed by atoms with Crippen LogP contribution in [0.15, 0.2) is 24.9 Å². The largest absolute Gasteiger partial charge is 0.478 e. The first-order valence-corrected chi connectivity index (χ1v) is 4.85. The van der Waals surface area contributed by atoms with Gasteiger partial charge >= 0.3 is 5.97 Å². The van der Waals surface area contributed by atoms with E-state index in [2.05, 4.69) is 11.6 Å². The molecule has 0 saturated carbocycles. The fraction of sp³-hybridized carbons (Fsp3) is 0.273. The smallest absolute Gasteiger partial charge is 0.338 e. The van der Waals surface area contributed by atoms with Gasteiger partial charge in [-0.25, -0.2) is 14.2 Å². The number of carboxylic acids is 1. The van der Waals surface area contributed by atoms with E-state index < -0.39 is 11.8 Å². The Balaban J connectivity index is 3.17. The molecule has 0 bridgehead atoms. The van der Waals surface area contributed by atoms with Crippen LogP contribution in [0.1, 0.15) is 17.3 Å². The molecule has 0 radical (unpaired) electrons. The Bertz CT molecular complexity index is 407. The molecular weight excluding hydrogens is 211 g/mol. The Hall–Kier alpha value is -1.91. The number of hydrogen-bond donors (Lipinski definition) is 1. The number of carbonyl (C=O) groups is 1. The first-order valence-electron chi connectivity index (χ1n) is 4.85. The second-order valence-electron chi connectivity index (χ2n) is 3.13. The molecular formula is C11H13FN2O2. The molecule has 5 heteroatoms. The second-order valence-corrected chi connectivity index (χ2v) is 3.13. The molecule has 1 heterocycles. The third-order valence-electron chi connectivity index (χ3n) is 2.13. The van der Waals surface area contributed by atoms with Crippen LogP contribution in [0.5, 0.6) is 0 Å². The summed E-state index contributed by atoms with van der Waals surface area (Å²) < 4.78 is 13.8. The van der Waals surface area contributed by atoms with Crippen LogP contribution in [0.2, 0.25) is 0 Å². The molecule has 1 aromatic rings. The van der Waals surface area contributed by atoms with E-state index in [9.17, 15) is 9.18 Å². The highest BCUT2D eigenvalue weighted by Crippen LogP contribution is 2.19. The van der Waals surface area contributed by atoms with Crippen molar-refractivity contribution in [1.29, 1.82) is 0 Å². The molecule has 0 aliphatic rings. The fourth-order valence-corrected chi connectivity index (χ4v) is 1.34. The number of halogens is 1. The maximum Gasteiger partial charge on any atom is 0.338 e. The summed E-state index contributed by atoms with van der Waals surface area (Å²) in [5, 5.41) is 8.77. The topological polar surface area (TPSA) is 53.4 Å². The number of hydrogen-bond acceptors (Lipinski definition) is 3. The summed E-state index contributed by atoms with van der Waals surface area (Å²) in [5.41, 5.74) is -0.368. The van der Waals surface area contributed by atoms with E-state index >= 15 is 0 Å². The number of rotatable bonds is 5. The molecule has 0 aliphatic heterocycles. The van der Waals surface area contributed by atoms with Crippen molar-refractivity contribution in [2.75, 3.05) is 18.0 Å². The summed E-state index contributed by atoms with van der Waals surface area (Å²) in [6.45, 7) is 6.33. The van der Waals surface area contributed by atoms with Gasteiger partial charge in [0.2, 0.25) is 0 Å². The molecule has 0 aromatic carbocycles. The molecule has 16 heavy (non-hydrogen) atoms. The van der Waals surface area contributed by atoms with Gasteiger partial charge in [0.15, 0.2) is 11.6 Å². The van der Waals surface area contributed by atoms with Crippen LogP contribution in [0, 0.1) is 5.82 Å². The lowest BCUT2D eigenvalue weighted by molar-refractivity contribution is 0.0692. The molecule has 0 saturated heterocycles. The SMILES string of the molecule is C=CCN(CC)c1nccc(C(=O)O)c1F. The Kier molecular flexibility index (Phi) is 3.99. The van der Waals surface area contributed by atoms with E-state index in [1.165, 1.54) is 6.20 Å². The van der Waals surface area contributed by atoms with Crippen molar-refractivity contribution in [3.8, 4) is 0 Å². The van der Waals surface area contributed by atoms with E-state index in [1.807, 2.05) is 6.92 Å². The molecule has 0 aliphatic carbocycles. The summed E-state index contributed by atoms with van der Waals surface area (Å²) in [7, 11) is 0. The number of anilines is 1. The van der Waals surface area contributed by atoms with E-state index in [-0.39, 0.29) is 11.4 Å². The maximum atomic E-state index is 13.8. The third-order valence-corrected chi connectivity index (χ3v) is 2.13. The van der Waals surface area contributed by atoms with E-state index in [4.69, 9.17) is 5.11 Å². The lowest BCUT2D eigenvalue weighted by Gasteiger charge is -2.20. The van der Waals surface area contributed by atoms with E-state index in [1.54, 1.807) is 11.0 Å². The maximum absolute atomic E-state index is 13.8. The monoisotopic (exact) mass is 224 g/mol. The van der Waals surface area contributed by atoms with Crippen LogP contribution >= 0.6 is 0 Å². The van der Waals surface area contributed by atoms with Crippen molar-refractivity contribution in [3.63, 3.8) is 0 Å². The van der Waals surface area contributed by atoms with Crippen LogP contribution in [0.3, 0.4) is 0 Å². The molecule has 1 N–H and O–H groups in total. The molecule has 0 spiro atoms. The standard InChI is InChI=1S/C11H13FN2O2/c1-3-7-14(4-2)10-9(12)8(11(15)16)5-6-13-10/h3,5-6H,1,4,7H2,2H3,(H,15,16). The van der Waals surface area contributed by atoms with E-state index in [0.717, 1.165) is 6.07 Å².